The summed E-state index contributed by atoms with van der Waals surface area (Å²) in [5.41, 5.74) is 4.82. The van der Waals surface area contributed by atoms with E-state index < -0.39 is 0 Å². The molecule has 26 heavy (non-hydrogen) atoms. The Morgan fingerprint density at radius 3 is 2.81 bits per heavy atom. The van der Waals surface area contributed by atoms with Crippen LogP contribution in [0.25, 0.3) is 37.8 Å². The lowest BCUT2D eigenvalue weighted by Crippen LogP contribution is -1.93. The minimum atomic E-state index is 0.549. The molecule has 6 heteroatoms. The molecular weight excluding hydrogens is 344 g/mol. The van der Waals surface area contributed by atoms with E-state index in [4.69, 9.17) is 9.72 Å². The molecule has 0 aliphatic rings. The molecule has 1 aromatic carbocycles. The van der Waals surface area contributed by atoms with E-state index in [1.807, 2.05) is 25.1 Å². The van der Waals surface area contributed by atoms with Gasteiger partial charge >= 0.3 is 0 Å². The van der Waals surface area contributed by atoms with Crippen molar-refractivity contribution in [3.8, 4) is 21.1 Å². The van der Waals surface area contributed by atoms with Gasteiger partial charge in [-0.2, -0.15) is 5.10 Å². The highest BCUT2D eigenvalue weighted by atomic mass is 32.1. The van der Waals surface area contributed by atoms with Gasteiger partial charge in [-0.05, 0) is 37.1 Å². The molecule has 0 aliphatic heterocycles. The average molecular weight is 362 g/mol. The highest BCUT2D eigenvalue weighted by Crippen LogP contribution is 2.39. The van der Waals surface area contributed by atoms with Crippen LogP contribution in [0, 0.1) is 6.92 Å². The predicted molar refractivity (Wildman–Crippen MR) is 106 cm³/mol. The molecule has 1 N–H and O–H groups in total. The Kier molecular flexibility index (Phi) is 4.26. The minimum Gasteiger partial charge on any atom is -0.492 e. The maximum Gasteiger partial charge on any atom is 0.143 e. The summed E-state index contributed by atoms with van der Waals surface area (Å²) in [6.07, 6.45) is 3.55. The molecule has 0 unspecified atom stereocenters. The van der Waals surface area contributed by atoms with E-state index in [0.717, 1.165) is 43.3 Å². The number of nitrogens with zero attached hydrogens (tertiary/aromatic N) is 3. The van der Waals surface area contributed by atoms with Crippen LogP contribution in [0.15, 0.2) is 49.3 Å². The highest BCUT2D eigenvalue weighted by Gasteiger charge is 2.20. The van der Waals surface area contributed by atoms with Crippen LogP contribution < -0.4 is 0 Å². The molecule has 4 rings (SSSR count). The highest BCUT2D eigenvalue weighted by molar-refractivity contribution is 7.18. The number of para-hydroxylation sites is 1. The number of hydrogen-bond donors (Lipinski definition) is 1. The van der Waals surface area contributed by atoms with Crippen molar-refractivity contribution < 1.29 is 4.74 Å². The van der Waals surface area contributed by atoms with Crippen molar-refractivity contribution in [1.29, 1.82) is 0 Å². The number of aromatic amines is 1. The fourth-order valence-corrected chi connectivity index (χ4v) is 4.00. The van der Waals surface area contributed by atoms with E-state index in [0.29, 0.717) is 12.4 Å². The van der Waals surface area contributed by atoms with Gasteiger partial charge in [0, 0.05) is 17.8 Å². The monoisotopic (exact) mass is 362 g/mol. The molecule has 4 aromatic rings. The van der Waals surface area contributed by atoms with Crippen molar-refractivity contribution in [2.24, 2.45) is 0 Å². The molecule has 3 aromatic heterocycles. The summed E-state index contributed by atoms with van der Waals surface area (Å²) in [4.78, 5) is 9.94. The quantitative estimate of drug-likeness (QED) is 0.504. The molecule has 0 atom stereocenters. The summed E-state index contributed by atoms with van der Waals surface area (Å²) < 4.78 is 5.64. The number of aromatic nitrogens is 4. The lowest BCUT2D eigenvalue weighted by atomic mass is 10.1. The zero-order chi connectivity index (χ0) is 18.1. The number of pyridine rings is 1. The largest absolute Gasteiger partial charge is 0.492 e. The van der Waals surface area contributed by atoms with Crippen LogP contribution in [-0.2, 0) is 4.74 Å². The number of hydrogen-bond acceptors (Lipinski definition) is 5. The van der Waals surface area contributed by atoms with Crippen molar-refractivity contribution in [1.82, 2.24) is 20.2 Å². The molecule has 0 spiro atoms. The first-order valence-corrected chi connectivity index (χ1v) is 9.18. The van der Waals surface area contributed by atoms with E-state index in [1.54, 1.807) is 23.7 Å². The van der Waals surface area contributed by atoms with Crippen LogP contribution in [0.4, 0.5) is 0 Å². The van der Waals surface area contributed by atoms with Gasteiger partial charge in [0.2, 0.25) is 0 Å². The van der Waals surface area contributed by atoms with Gasteiger partial charge in [0.15, 0.2) is 0 Å². The SMILES string of the molecule is C=C(OCC)c1nc(-c2[nH]nc3c(C)cccc23)sc1-c1ccncc1. The zero-order valence-corrected chi connectivity index (χ0v) is 15.4. The normalized spacial score (nSPS) is 11.0. The first-order valence-electron chi connectivity index (χ1n) is 8.36. The van der Waals surface area contributed by atoms with Gasteiger partial charge < -0.3 is 4.74 Å². The molecule has 0 saturated heterocycles. The molecular formula is C20H18N4OS. The zero-order valence-electron chi connectivity index (χ0n) is 14.6. The summed E-state index contributed by atoms with van der Waals surface area (Å²) in [5.74, 6) is 0.571. The third-order valence-electron chi connectivity index (χ3n) is 4.15. The molecule has 5 nitrogen and oxygen atoms in total. The Bertz CT molecular complexity index is 1080. The molecule has 0 fully saturated rings. The molecule has 0 bridgehead atoms. The molecule has 3 heterocycles. The van der Waals surface area contributed by atoms with Crippen LogP contribution in [0.3, 0.4) is 0 Å². The standard InChI is InChI=1S/C20H18N4OS/c1-4-25-13(3)17-19(14-8-10-21-11-9-14)26-20(22-17)18-15-7-5-6-12(2)16(15)23-24-18/h5-11H,3-4H2,1-2H3,(H,23,24). The van der Waals surface area contributed by atoms with E-state index in [-0.39, 0.29) is 0 Å². The third-order valence-corrected chi connectivity index (χ3v) is 5.27. The van der Waals surface area contributed by atoms with Crippen LogP contribution in [0.1, 0.15) is 18.2 Å². The minimum absolute atomic E-state index is 0.549. The maximum atomic E-state index is 5.64. The van der Waals surface area contributed by atoms with Gasteiger partial charge in [-0.3, -0.25) is 10.1 Å². The maximum absolute atomic E-state index is 5.64. The number of fused-ring (bicyclic) bond motifs is 1. The van der Waals surface area contributed by atoms with Crippen LogP contribution in [0.2, 0.25) is 0 Å². The van der Waals surface area contributed by atoms with Gasteiger partial charge in [-0.15, -0.1) is 11.3 Å². The van der Waals surface area contributed by atoms with E-state index in [9.17, 15) is 0 Å². The summed E-state index contributed by atoms with van der Waals surface area (Å²) in [6.45, 7) is 8.60. The van der Waals surface area contributed by atoms with Gasteiger partial charge in [-0.1, -0.05) is 24.8 Å². The van der Waals surface area contributed by atoms with E-state index in [2.05, 4.69) is 40.8 Å². The van der Waals surface area contributed by atoms with Crippen LogP contribution in [0.5, 0.6) is 0 Å². The lowest BCUT2D eigenvalue weighted by molar-refractivity contribution is 0.298. The van der Waals surface area contributed by atoms with Gasteiger partial charge in [0.1, 0.15) is 22.2 Å². The number of aryl methyl sites for hydroxylation is 1. The second kappa shape index (κ2) is 6.72. The van der Waals surface area contributed by atoms with E-state index >= 15 is 0 Å². The smallest absolute Gasteiger partial charge is 0.143 e. The molecule has 130 valence electrons. The molecule has 0 aliphatic carbocycles. The van der Waals surface area contributed by atoms with Gasteiger partial charge in [0.25, 0.3) is 0 Å². The lowest BCUT2D eigenvalue weighted by Gasteiger charge is -2.06. The first kappa shape index (κ1) is 16.5. The summed E-state index contributed by atoms with van der Waals surface area (Å²) in [7, 11) is 0. The van der Waals surface area contributed by atoms with Crippen molar-refractivity contribution in [2.75, 3.05) is 6.61 Å². The van der Waals surface area contributed by atoms with Crippen LogP contribution in [-0.4, -0.2) is 26.8 Å². The summed E-state index contributed by atoms with van der Waals surface area (Å²) in [6, 6.07) is 10.1. The number of nitrogens with one attached hydrogen (secondary N) is 1. The Hall–Kier alpha value is -2.99. The second-order valence-corrected chi connectivity index (χ2v) is 6.86. The van der Waals surface area contributed by atoms with Gasteiger partial charge in [-0.25, -0.2) is 4.98 Å². The van der Waals surface area contributed by atoms with Gasteiger partial charge in [0.05, 0.1) is 17.0 Å². The topological polar surface area (TPSA) is 63.7 Å². The first-order chi connectivity index (χ1) is 12.7. The number of ether oxygens (including phenoxy) is 1. The van der Waals surface area contributed by atoms with Crippen molar-refractivity contribution >= 4 is 28.0 Å². The third kappa shape index (κ3) is 2.78. The average Bonchev–Trinajstić information content (AvgIpc) is 3.27. The van der Waals surface area contributed by atoms with E-state index in [1.165, 1.54) is 0 Å². The Balaban J connectivity index is 1.90. The molecule has 0 radical (unpaired) electrons. The van der Waals surface area contributed by atoms with Crippen molar-refractivity contribution in [2.45, 2.75) is 13.8 Å². The number of rotatable bonds is 5. The number of benzene rings is 1. The Morgan fingerprint density at radius 2 is 2.04 bits per heavy atom. The Morgan fingerprint density at radius 1 is 1.23 bits per heavy atom. The van der Waals surface area contributed by atoms with Crippen molar-refractivity contribution in [3.05, 3.63) is 60.6 Å². The predicted octanol–water partition coefficient (Wildman–Crippen LogP) is 5.06. The van der Waals surface area contributed by atoms with Crippen molar-refractivity contribution in [3.63, 3.8) is 0 Å². The fraction of sp³-hybridized carbons (Fsp3) is 0.150. The molecule has 0 amide bonds. The summed E-state index contributed by atoms with van der Waals surface area (Å²) in [5, 5.41) is 9.54. The summed E-state index contributed by atoms with van der Waals surface area (Å²) >= 11 is 1.59. The van der Waals surface area contributed by atoms with Crippen LogP contribution >= 0.6 is 11.3 Å². The number of thiazole rings is 1. The second-order valence-electron chi connectivity index (χ2n) is 5.86. The number of H-pyrrole nitrogens is 1. The molecule has 0 saturated carbocycles. The fourth-order valence-electron chi connectivity index (χ4n) is 2.90. The Labute approximate surface area is 155 Å².